The highest BCUT2D eigenvalue weighted by molar-refractivity contribution is 7.92. The van der Waals surface area contributed by atoms with Gasteiger partial charge in [-0.1, -0.05) is 30.3 Å². The average Bonchev–Trinajstić information content (AvgIpc) is 2.46. The first-order valence-electron chi connectivity index (χ1n) is 6.21. The summed E-state index contributed by atoms with van der Waals surface area (Å²) in [5.74, 6) is -1.42. The quantitative estimate of drug-likeness (QED) is 0.847. The highest BCUT2D eigenvalue weighted by Crippen LogP contribution is 2.14. The molecule has 1 aromatic heterocycles. The maximum Gasteiger partial charge on any atom is 0.356 e. The summed E-state index contributed by atoms with van der Waals surface area (Å²) >= 11 is 0. The topological polar surface area (TPSA) is 96.4 Å². The van der Waals surface area contributed by atoms with E-state index in [4.69, 9.17) is 5.11 Å². The molecule has 2 N–H and O–H groups in total. The minimum atomic E-state index is -3.64. The number of sulfonamides is 1. The fraction of sp³-hybridized carbons (Fsp3) is 0.143. The number of carboxylic acid groups (broad SMARTS) is 1. The molecule has 21 heavy (non-hydrogen) atoms. The van der Waals surface area contributed by atoms with Crippen LogP contribution >= 0.6 is 0 Å². The van der Waals surface area contributed by atoms with Crippen molar-refractivity contribution >= 4 is 21.7 Å². The first-order chi connectivity index (χ1) is 9.98. The van der Waals surface area contributed by atoms with Gasteiger partial charge in [-0.3, -0.25) is 4.72 Å². The number of hydrogen-bond acceptors (Lipinski definition) is 4. The molecule has 0 saturated heterocycles. The van der Waals surface area contributed by atoms with Crippen molar-refractivity contribution in [2.75, 3.05) is 10.5 Å². The van der Waals surface area contributed by atoms with E-state index in [1.807, 2.05) is 30.3 Å². The minimum Gasteiger partial charge on any atom is -0.476 e. The molecule has 0 fully saturated rings. The Morgan fingerprint density at radius 2 is 1.86 bits per heavy atom. The molecule has 2 aromatic rings. The predicted molar refractivity (Wildman–Crippen MR) is 78.8 cm³/mol. The third kappa shape index (κ3) is 4.28. The smallest absolute Gasteiger partial charge is 0.356 e. The Bertz CT molecular complexity index is 730. The Kier molecular flexibility index (Phi) is 4.54. The number of pyridine rings is 1. The van der Waals surface area contributed by atoms with Crippen LogP contribution in [0.25, 0.3) is 0 Å². The Morgan fingerprint density at radius 3 is 2.52 bits per heavy atom. The lowest BCUT2D eigenvalue weighted by Gasteiger charge is -2.09. The molecule has 0 radical (unpaired) electrons. The van der Waals surface area contributed by atoms with E-state index in [2.05, 4.69) is 9.71 Å². The summed E-state index contributed by atoms with van der Waals surface area (Å²) < 4.78 is 26.3. The first-order valence-corrected chi connectivity index (χ1v) is 7.86. The van der Waals surface area contributed by atoms with Crippen molar-refractivity contribution < 1.29 is 18.3 Å². The molecule has 0 aliphatic heterocycles. The molecule has 0 aliphatic rings. The number of hydrogen-bond donors (Lipinski definition) is 2. The van der Waals surface area contributed by atoms with Gasteiger partial charge >= 0.3 is 5.97 Å². The fourth-order valence-electron chi connectivity index (χ4n) is 1.77. The number of aromatic carboxylic acids is 1. The second kappa shape index (κ2) is 6.36. The van der Waals surface area contributed by atoms with Crippen LogP contribution in [0.3, 0.4) is 0 Å². The van der Waals surface area contributed by atoms with Crippen molar-refractivity contribution in [3.63, 3.8) is 0 Å². The molecule has 0 spiro atoms. The molecule has 0 aliphatic carbocycles. The SMILES string of the molecule is O=C(O)c1ncccc1NS(=O)(=O)CCc1ccccc1. The summed E-state index contributed by atoms with van der Waals surface area (Å²) in [4.78, 5) is 14.6. The van der Waals surface area contributed by atoms with Gasteiger partial charge in [0, 0.05) is 6.20 Å². The molecule has 110 valence electrons. The van der Waals surface area contributed by atoms with Crippen molar-refractivity contribution in [3.8, 4) is 0 Å². The number of nitrogens with zero attached hydrogens (tertiary/aromatic N) is 1. The van der Waals surface area contributed by atoms with Crippen LogP contribution in [0.2, 0.25) is 0 Å². The van der Waals surface area contributed by atoms with Gasteiger partial charge in [-0.15, -0.1) is 0 Å². The van der Waals surface area contributed by atoms with Crippen molar-refractivity contribution in [1.82, 2.24) is 4.98 Å². The zero-order chi connectivity index (χ0) is 15.3. The molecular weight excluding hydrogens is 292 g/mol. The normalized spacial score (nSPS) is 11.0. The van der Waals surface area contributed by atoms with Crippen molar-refractivity contribution in [2.45, 2.75) is 6.42 Å². The van der Waals surface area contributed by atoms with Gasteiger partial charge in [-0.25, -0.2) is 18.2 Å². The van der Waals surface area contributed by atoms with E-state index in [1.54, 1.807) is 0 Å². The van der Waals surface area contributed by atoms with Crippen LogP contribution in [-0.4, -0.2) is 30.2 Å². The number of aryl methyl sites for hydroxylation is 1. The summed E-state index contributed by atoms with van der Waals surface area (Å²) in [5.41, 5.74) is 0.548. The molecule has 0 unspecified atom stereocenters. The van der Waals surface area contributed by atoms with E-state index >= 15 is 0 Å². The number of nitrogens with one attached hydrogen (secondary N) is 1. The Hall–Kier alpha value is -2.41. The van der Waals surface area contributed by atoms with Crippen molar-refractivity contribution in [3.05, 3.63) is 59.9 Å². The van der Waals surface area contributed by atoms with Crippen LogP contribution in [0.5, 0.6) is 0 Å². The van der Waals surface area contributed by atoms with Crippen LogP contribution < -0.4 is 4.72 Å². The molecular formula is C14H14N2O4S. The van der Waals surface area contributed by atoms with Crippen LogP contribution in [0.1, 0.15) is 16.1 Å². The maximum atomic E-state index is 12.0. The molecule has 1 aromatic carbocycles. The van der Waals surface area contributed by atoms with Gasteiger partial charge < -0.3 is 5.11 Å². The summed E-state index contributed by atoms with van der Waals surface area (Å²) in [5, 5.41) is 8.97. The summed E-state index contributed by atoms with van der Waals surface area (Å²) in [6, 6.07) is 12.0. The second-order valence-corrected chi connectivity index (χ2v) is 6.20. The average molecular weight is 306 g/mol. The monoisotopic (exact) mass is 306 g/mol. The van der Waals surface area contributed by atoms with Crippen molar-refractivity contribution in [1.29, 1.82) is 0 Å². The second-order valence-electron chi connectivity index (χ2n) is 4.36. The summed E-state index contributed by atoms with van der Waals surface area (Å²) in [6.45, 7) is 0. The summed E-state index contributed by atoms with van der Waals surface area (Å²) in [7, 11) is -3.64. The highest BCUT2D eigenvalue weighted by Gasteiger charge is 2.17. The first kappa shape index (κ1) is 15.0. The van der Waals surface area contributed by atoms with Crippen LogP contribution in [-0.2, 0) is 16.4 Å². The Morgan fingerprint density at radius 1 is 1.14 bits per heavy atom. The number of carbonyl (C=O) groups is 1. The van der Waals surface area contributed by atoms with Crippen LogP contribution in [0.4, 0.5) is 5.69 Å². The van der Waals surface area contributed by atoms with Gasteiger partial charge in [0.25, 0.3) is 0 Å². The van der Waals surface area contributed by atoms with Gasteiger partial charge in [0.15, 0.2) is 5.69 Å². The third-order valence-corrected chi connectivity index (χ3v) is 4.05. The lowest BCUT2D eigenvalue weighted by atomic mass is 10.2. The standard InChI is InChI=1S/C14H14N2O4S/c17-14(18)13-12(7-4-9-15-13)16-21(19,20)10-8-11-5-2-1-3-6-11/h1-7,9,16H,8,10H2,(H,17,18). The van der Waals surface area contributed by atoms with Crippen molar-refractivity contribution in [2.24, 2.45) is 0 Å². The number of anilines is 1. The number of rotatable bonds is 6. The largest absolute Gasteiger partial charge is 0.476 e. The highest BCUT2D eigenvalue weighted by atomic mass is 32.2. The fourth-order valence-corrected chi connectivity index (χ4v) is 2.88. The maximum absolute atomic E-state index is 12.0. The molecule has 0 saturated carbocycles. The van der Waals surface area contributed by atoms with Gasteiger partial charge in [0.05, 0.1) is 11.4 Å². The lowest BCUT2D eigenvalue weighted by molar-refractivity contribution is 0.0692. The molecule has 0 bridgehead atoms. The van der Waals surface area contributed by atoms with Gasteiger partial charge in [0.2, 0.25) is 10.0 Å². The summed E-state index contributed by atoms with van der Waals surface area (Å²) in [6.07, 6.45) is 1.64. The molecule has 0 atom stereocenters. The van der Waals surface area contributed by atoms with E-state index < -0.39 is 16.0 Å². The van der Waals surface area contributed by atoms with E-state index in [1.165, 1.54) is 18.3 Å². The zero-order valence-electron chi connectivity index (χ0n) is 11.1. The van der Waals surface area contributed by atoms with Gasteiger partial charge in [-0.05, 0) is 24.1 Å². The number of carboxylic acids is 1. The molecule has 0 amide bonds. The minimum absolute atomic E-state index is 0.0296. The molecule has 2 rings (SSSR count). The zero-order valence-corrected chi connectivity index (χ0v) is 11.9. The van der Waals surface area contributed by atoms with E-state index in [0.717, 1.165) is 5.56 Å². The van der Waals surface area contributed by atoms with E-state index in [-0.39, 0.29) is 17.1 Å². The van der Waals surface area contributed by atoms with Crippen LogP contribution in [0, 0.1) is 0 Å². The lowest BCUT2D eigenvalue weighted by Crippen LogP contribution is -2.20. The molecule has 7 heteroatoms. The van der Waals surface area contributed by atoms with E-state index in [9.17, 15) is 13.2 Å². The third-order valence-electron chi connectivity index (χ3n) is 2.78. The number of benzene rings is 1. The predicted octanol–water partition coefficient (Wildman–Crippen LogP) is 1.76. The molecule has 6 nitrogen and oxygen atoms in total. The Balaban J connectivity index is 2.10. The van der Waals surface area contributed by atoms with Crippen LogP contribution in [0.15, 0.2) is 48.7 Å². The van der Waals surface area contributed by atoms with Gasteiger partial charge in [-0.2, -0.15) is 0 Å². The van der Waals surface area contributed by atoms with E-state index in [0.29, 0.717) is 6.42 Å². The van der Waals surface area contributed by atoms with Gasteiger partial charge in [0.1, 0.15) is 0 Å². The Labute approximate surface area is 122 Å². The number of aromatic nitrogens is 1. The molecule has 1 heterocycles.